The number of hydrogen-bond donors (Lipinski definition) is 2. The van der Waals surface area contributed by atoms with Gasteiger partial charge in [-0.05, 0) is 19.4 Å². The topological polar surface area (TPSA) is 92.5 Å². The highest BCUT2D eigenvalue weighted by Gasteiger charge is 2.39. The smallest absolute Gasteiger partial charge is 0.330 e. The SMILES string of the molecule is CCCN1C(=O)NC(=O)C(CCN)C1=O. The van der Waals surface area contributed by atoms with Crippen LogP contribution in [0.5, 0.6) is 0 Å². The highest BCUT2D eigenvalue weighted by molar-refractivity contribution is 6.16. The zero-order valence-corrected chi connectivity index (χ0v) is 8.66. The van der Waals surface area contributed by atoms with Gasteiger partial charge in [-0.3, -0.25) is 19.8 Å². The maximum absolute atomic E-state index is 11.7. The lowest BCUT2D eigenvalue weighted by Crippen LogP contribution is -2.58. The molecule has 6 nitrogen and oxygen atoms in total. The number of nitrogens with one attached hydrogen (secondary N) is 1. The zero-order valence-electron chi connectivity index (χ0n) is 8.66. The molecule has 1 heterocycles. The Morgan fingerprint density at radius 1 is 1.40 bits per heavy atom. The van der Waals surface area contributed by atoms with Crippen LogP contribution in [0.25, 0.3) is 0 Å². The fourth-order valence-corrected chi connectivity index (χ4v) is 1.52. The first-order valence-corrected chi connectivity index (χ1v) is 4.98. The Labute approximate surface area is 87.8 Å². The van der Waals surface area contributed by atoms with Crippen molar-refractivity contribution in [3.8, 4) is 0 Å². The molecule has 1 unspecified atom stereocenters. The van der Waals surface area contributed by atoms with E-state index >= 15 is 0 Å². The van der Waals surface area contributed by atoms with E-state index in [1.54, 1.807) is 0 Å². The van der Waals surface area contributed by atoms with E-state index in [9.17, 15) is 14.4 Å². The highest BCUT2D eigenvalue weighted by atomic mass is 16.2. The van der Waals surface area contributed by atoms with E-state index in [4.69, 9.17) is 5.73 Å². The molecule has 4 amide bonds. The van der Waals surface area contributed by atoms with Gasteiger partial charge < -0.3 is 5.73 Å². The zero-order chi connectivity index (χ0) is 11.4. The number of nitrogens with zero attached hydrogens (tertiary/aromatic N) is 1. The third-order valence-corrected chi connectivity index (χ3v) is 2.26. The van der Waals surface area contributed by atoms with E-state index in [0.717, 1.165) is 4.90 Å². The number of amides is 4. The first-order chi connectivity index (χ1) is 7.11. The van der Waals surface area contributed by atoms with Crippen molar-refractivity contribution in [2.45, 2.75) is 19.8 Å². The molecule has 0 aromatic carbocycles. The summed E-state index contributed by atoms with van der Waals surface area (Å²) in [6.07, 6.45) is 0.945. The average molecular weight is 213 g/mol. The van der Waals surface area contributed by atoms with Crippen LogP contribution in [-0.2, 0) is 9.59 Å². The summed E-state index contributed by atoms with van der Waals surface area (Å²) in [7, 11) is 0. The normalized spacial score (nSPS) is 21.9. The number of rotatable bonds is 4. The summed E-state index contributed by atoms with van der Waals surface area (Å²) < 4.78 is 0. The monoisotopic (exact) mass is 213 g/mol. The van der Waals surface area contributed by atoms with Crippen LogP contribution in [0.1, 0.15) is 19.8 Å². The number of hydrogen-bond acceptors (Lipinski definition) is 4. The van der Waals surface area contributed by atoms with Crippen molar-refractivity contribution in [3.05, 3.63) is 0 Å². The summed E-state index contributed by atoms with van der Waals surface area (Å²) in [6.45, 7) is 2.44. The fraction of sp³-hybridized carbons (Fsp3) is 0.667. The molecule has 0 saturated carbocycles. The van der Waals surface area contributed by atoms with Crippen molar-refractivity contribution in [2.24, 2.45) is 11.7 Å². The van der Waals surface area contributed by atoms with Crippen molar-refractivity contribution in [2.75, 3.05) is 13.1 Å². The van der Waals surface area contributed by atoms with Crippen molar-refractivity contribution in [1.82, 2.24) is 10.2 Å². The fourth-order valence-electron chi connectivity index (χ4n) is 1.52. The van der Waals surface area contributed by atoms with Gasteiger partial charge in [-0.2, -0.15) is 0 Å². The predicted octanol–water partition coefficient (Wildman–Crippen LogP) is -0.560. The summed E-state index contributed by atoms with van der Waals surface area (Å²) in [5.74, 6) is -1.78. The van der Waals surface area contributed by atoms with Gasteiger partial charge in [-0.25, -0.2) is 4.79 Å². The number of imide groups is 2. The quantitative estimate of drug-likeness (QED) is 0.612. The molecule has 0 radical (unpaired) electrons. The van der Waals surface area contributed by atoms with Gasteiger partial charge in [0.15, 0.2) is 0 Å². The first kappa shape index (κ1) is 11.6. The number of urea groups is 1. The molecule has 6 heteroatoms. The summed E-state index contributed by atoms with van der Waals surface area (Å²) in [4.78, 5) is 35.4. The van der Waals surface area contributed by atoms with Gasteiger partial charge in [0.2, 0.25) is 11.8 Å². The van der Waals surface area contributed by atoms with E-state index in [1.807, 2.05) is 6.92 Å². The van der Waals surface area contributed by atoms with E-state index in [2.05, 4.69) is 5.32 Å². The lowest BCUT2D eigenvalue weighted by atomic mass is 10.0. The van der Waals surface area contributed by atoms with Gasteiger partial charge in [-0.15, -0.1) is 0 Å². The minimum absolute atomic E-state index is 0.248. The molecule has 1 rings (SSSR count). The van der Waals surface area contributed by atoms with Gasteiger partial charge in [0.25, 0.3) is 0 Å². The molecule has 84 valence electrons. The Kier molecular flexibility index (Phi) is 3.79. The minimum atomic E-state index is -0.806. The lowest BCUT2D eigenvalue weighted by molar-refractivity contribution is -0.142. The van der Waals surface area contributed by atoms with Crippen LogP contribution in [0.2, 0.25) is 0 Å². The van der Waals surface area contributed by atoms with Gasteiger partial charge in [0.1, 0.15) is 5.92 Å². The molecule has 0 bridgehead atoms. The highest BCUT2D eigenvalue weighted by Crippen LogP contribution is 2.13. The van der Waals surface area contributed by atoms with Crippen LogP contribution in [-0.4, -0.2) is 35.8 Å². The lowest BCUT2D eigenvalue weighted by Gasteiger charge is -2.29. The molecule has 1 saturated heterocycles. The number of carbonyl (C=O) groups is 3. The van der Waals surface area contributed by atoms with Crippen molar-refractivity contribution in [1.29, 1.82) is 0 Å². The molecule has 0 aromatic heterocycles. The van der Waals surface area contributed by atoms with Gasteiger partial charge in [-0.1, -0.05) is 6.92 Å². The molecular weight excluding hydrogens is 198 g/mol. The first-order valence-electron chi connectivity index (χ1n) is 4.98. The molecule has 1 aliphatic heterocycles. The third-order valence-electron chi connectivity index (χ3n) is 2.26. The van der Waals surface area contributed by atoms with Gasteiger partial charge in [0.05, 0.1) is 0 Å². The standard InChI is InChI=1S/C9H15N3O3/c1-2-5-12-8(14)6(3-4-10)7(13)11-9(12)15/h6H,2-5,10H2,1H3,(H,11,13,15). The predicted molar refractivity (Wildman–Crippen MR) is 52.7 cm³/mol. The second kappa shape index (κ2) is 4.88. The van der Waals surface area contributed by atoms with E-state index in [-0.39, 0.29) is 13.0 Å². The molecule has 0 aromatic rings. The molecule has 1 atom stereocenters. The number of barbiturate groups is 1. The second-order valence-corrected chi connectivity index (χ2v) is 3.41. The maximum Gasteiger partial charge on any atom is 0.330 e. The van der Waals surface area contributed by atoms with E-state index in [1.165, 1.54) is 0 Å². The summed E-state index contributed by atoms with van der Waals surface area (Å²) in [5, 5.41) is 2.15. The molecule has 1 fully saturated rings. The average Bonchev–Trinajstić information content (AvgIpc) is 2.19. The molecular formula is C9H15N3O3. The molecule has 3 N–H and O–H groups in total. The van der Waals surface area contributed by atoms with Crippen LogP contribution in [0.4, 0.5) is 4.79 Å². The van der Waals surface area contributed by atoms with Crippen LogP contribution in [0.3, 0.4) is 0 Å². The Balaban J connectivity index is 2.79. The van der Waals surface area contributed by atoms with Crippen molar-refractivity contribution < 1.29 is 14.4 Å². The molecule has 0 spiro atoms. The number of nitrogens with two attached hydrogens (primary N) is 1. The van der Waals surface area contributed by atoms with Gasteiger partial charge in [0, 0.05) is 6.54 Å². The number of carbonyl (C=O) groups excluding carboxylic acids is 3. The van der Waals surface area contributed by atoms with Crippen LogP contribution >= 0.6 is 0 Å². The van der Waals surface area contributed by atoms with Crippen LogP contribution in [0.15, 0.2) is 0 Å². The Morgan fingerprint density at radius 3 is 2.60 bits per heavy atom. The minimum Gasteiger partial charge on any atom is -0.330 e. The third kappa shape index (κ3) is 2.33. The molecule has 0 aliphatic carbocycles. The summed E-state index contributed by atoms with van der Waals surface area (Å²) in [5.41, 5.74) is 5.30. The summed E-state index contributed by atoms with van der Waals surface area (Å²) in [6, 6.07) is -0.625. The van der Waals surface area contributed by atoms with Crippen molar-refractivity contribution >= 4 is 17.8 Å². The summed E-state index contributed by atoms with van der Waals surface area (Å²) >= 11 is 0. The molecule has 1 aliphatic rings. The van der Waals surface area contributed by atoms with Crippen LogP contribution in [0, 0.1) is 5.92 Å². The second-order valence-electron chi connectivity index (χ2n) is 3.41. The Morgan fingerprint density at radius 2 is 2.07 bits per heavy atom. The maximum atomic E-state index is 11.7. The Bertz CT molecular complexity index is 264. The Hall–Kier alpha value is -1.43. The van der Waals surface area contributed by atoms with Gasteiger partial charge >= 0.3 is 6.03 Å². The molecule has 15 heavy (non-hydrogen) atoms. The van der Waals surface area contributed by atoms with E-state index < -0.39 is 23.8 Å². The van der Waals surface area contributed by atoms with E-state index in [0.29, 0.717) is 13.0 Å². The largest absolute Gasteiger partial charge is 0.330 e. The van der Waals surface area contributed by atoms with Crippen molar-refractivity contribution in [3.63, 3.8) is 0 Å². The van der Waals surface area contributed by atoms with Crippen LogP contribution < -0.4 is 11.1 Å².